The Labute approximate surface area is 126 Å². The minimum Gasteiger partial charge on any atom is -0.377 e. The standard InChI is InChI=1S/C17H27NOS/c1-2-7-14(6-1)17(16-10-5-13-20-16)18-11-12-19-15-8-3-4-9-15/h5,10,13-15,17-18H,1-4,6-9,11-12H2. The van der Waals surface area contributed by atoms with E-state index >= 15 is 0 Å². The molecule has 20 heavy (non-hydrogen) atoms. The van der Waals surface area contributed by atoms with Crippen molar-refractivity contribution in [1.29, 1.82) is 0 Å². The summed E-state index contributed by atoms with van der Waals surface area (Å²) < 4.78 is 5.97. The molecule has 0 aliphatic heterocycles. The summed E-state index contributed by atoms with van der Waals surface area (Å²) in [7, 11) is 0. The van der Waals surface area contributed by atoms with Crippen LogP contribution in [0.4, 0.5) is 0 Å². The Balaban J connectivity index is 1.46. The number of ether oxygens (including phenoxy) is 1. The van der Waals surface area contributed by atoms with E-state index in [9.17, 15) is 0 Å². The summed E-state index contributed by atoms with van der Waals surface area (Å²) in [5.41, 5.74) is 0. The average molecular weight is 293 g/mol. The van der Waals surface area contributed by atoms with Gasteiger partial charge in [0, 0.05) is 17.5 Å². The van der Waals surface area contributed by atoms with Crippen LogP contribution >= 0.6 is 11.3 Å². The molecule has 3 heteroatoms. The Hall–Kier alpha value is -0.380. The molecular weight excluding hydrogens is 266 g/mol. The van der Waals surface area contributed by atoms with Crippen LogP contribution in [0.15, 0.2) is 17.5 Å². The van der Waals surface area contributed by atoms with Gasteiger partial charge in [0.2, 0.25) is 0 Å². The molecule has 2 saturated carbocycles. The third-order valence-corrected chi connectivity index (χ3v) is 5.80. The lowest BCUT2D eigenvalue weighted by molar-refractivity contribution is 0.0581. The minimum absolute atomic E-state index is 0.545. The number of hydrogen-bond donors (Lipinski definition) is 1. The van der Waals surface area contributed by atoms with Crippen molar-refractivity contribution in [2.75, 3.05) is 13.2 Å². The maximum Gasteiger partial charge on any atom is 0.0594 e. The largest absolute Gasteiger partial charge is 0.377 e. The van der Waals surface area contributed by atoms with Crippen LogP contribution in [0.5, 0.6) is 0 Å². The molecule has 1 aromatic heterocycles. The van der Waals surface area contributed by atoms with E-state index < -0.39 is 0 Å². The smallest absolute Gasteiger partial charge is 0.0594 e. The number of hydrogen-bond acceptors (Lipinski definition) is 3. The fourth-order valence-electron chi connectivity index (χ4n) is 3.75. The van der Waals surface area contributed by atoms with Crippen LogP contribution in [0.3, 0.4) is 0 Å². The normalized spacial score (nSPS) is 22.6. The molecule has 2 nitrogen and oxygen atoms in total. The summed E-state index contributed by atoms with van der Waals surface area (Å²) in [5.74, 6) is 0.833. The van der Waals surface area contributed by atoms with Crippen molar-refractivity contribution in [2.24, 2.45) is 5.92 Å². The lowest BCUT2D eigenvalue weighted by atomic mass is 9.97. The molecule has 0 amide bonds. The lowest BCUT2D eigenvalue weighted by Gasteiger charge is -2.24. The van der Waals surface area contributed by atoms with Gasteiger partial charge in [0.05, 0.1) is 12.7 Å². The zero-order valence-electron chi connectivity index (χ0n) is 12.4. The van der Waals surface area contributed by atoms with Crippen LogP contribution in [0.25, 0.3) is 0 Å². The quantitative estimate of drug-likeness (QED) is 0.746. The molecule has 3 rings (SSSR count). The molecule has 0 radical (unpaired) electrons. The molecular formula is C17H27NOS. The Morgan fingerprint density at radius 3 is 2.60 bits per heavy atom. The molecule has 1 unspecified atom stereocenters. The van der Waals surface area contributed by atoms with E-state index in [2.05, 4.69) is 22.8 Å². The third kappa shape index (κ3) is 3.84. The van der Waals surface area contributed by atoms with Crippen molar-refractivity contribution < 1.29 is 4.74 Å². The molecule has 1 N–H and O–H groups in total. The van der Waals surface area contributed by atoms with Gasteiger partial charge in [-0.2, -0.15) is 0 Å². The van der Waals surface area contributed by atoms with Gasteiger partial charge in [-0.1, -0.05) is 31.7 Å². The number of rotatable bonds is 7. The van der Waals surface area contributed by atoms with Gasteiger partial charge in [0.1, 0.15) is 0 Å². The van der Waals surface area contributed by atoms with E-state index in [1.165, 1.54) is 56.2 Å². The van der Waals surface area contributed by atoms with Crippen molar-refractivity contribution in [3.63, 3.8) is 0 Å². The summed E-state index contributed by atoms with van der Waals surface area (Å²) in [6.45, 7) is 1.87. The monoisotopic (exact) mass is 293 g/mol. The van der Waals surface area contributed by atoms with Crippen LogP contribution in [0, 0.1) is 5.92 Å². The molecule has 112 valence electrons. The maximum atomic E-state index is 5.97. The fourth-order valence-corrected chi connectivity index (χ4v) is 4.65. The minimum atomic E-state index is 0.545. The highest BCUT2D eigenvalue weighted by Gasteiger charge is 2.26. The maximum absolute atomic E-state index is 5.97. The van der Waals surface area contributed by atoms with E-state index in [0.29, 0.717) is 12.1 Å². The van der Waals surface area contributed by atoms with Crippen molar-refractivity contribution in [3.8, 4) is 0 Å². The van der Waals surface area contributed by atoms with Gasteiger partial charge in [-0.15, -0.1) is 11.3 Å². The summed E-state index contributed by atoms with van der Waals surface area (Å²) in [4.78, 5) is 1.51. The van der Waals surface area contributed by atoms with Gasteiger partial charge >= 0.3 is 0 Å². The molecule has 1 atom stereocenters. The van der Waals surface area contributed by atoms with Gasteiger partial charge in [-0.05, 0) is 43.0 Å². The molecule has 0 spiro atoms. The Bertz CT molecular complexity index is 366. The molecule has 0 saturated heterocycles. The van der Waals surface area contributed by atoms with Crippen molar-refractivity contribution in [3.05, 3.63) is 22.4 Å². The molecule has 0 bridgehead atoms. The summed E-state index contributed by atoms with van der Waals surface area (Å²) in [6, 6.07) is 5.03. The SMILES string of the molecule is c1csc(C(NCCOC2CCCC2)C2CCCC2)c1. The van der Waals surface area contributed by atoms with E-state index in [0.717, 1.165) is 19.1 Å². The van der Waals surface area contributed by atoms with Crippen molar-refractivity contribution in [1.82, 2.24) is 5.32 Å². The predicted octanol–water partition coefficient (Wildman–Crippen LogP) is 4.53. The molecule has 0 aromatic carbocycles. The summed E-state index contributed by atoms with van der Waals surface area (Å²) >= 11 is 1.90. The van der Waals surface area contributed by atoms with Crippen LogP contribution in [-0.2, 0) is 4.74 Å². The zero-order chi connectivity index (χ0) is 13.6. The second-order valence-electron chi connectivity index (χ2n) is 6.27. The number of nitrogens with one attached hydrogen (secondary N) is 1. The Morgan fingerprint density at radius 2 is 1.90 bits per heavy atom. The van der Waals surface area contributed by atoms with Gasteiger partial charge in [-0.3, -0.25) is 0 Å². The van der Waals surface area contributed by atoms with Crippen molar-refractivity contribution >= 4 is 11.3 Å². The van der Waals surface area contributed by atoms with Gasteiger partial charge in [0.25, 0.3) is 0 Å². The summed E-state index contributed by atoms with van der Waals surface area (Å²) in [5, 5.41) is 5.98. The second kappa shape index (κ2) is 7.58. The summed E-state index contributed by atoms with van der Waals surface area (Å²) in [6.07, 6.45) is 11.4. The Morgan fingerprint density at radius 1 is 1.15 bits per heavy atom. The first-order valence-corrected chi connectivity index (χ1v) is 9.20. The molecule has 2 fully saturated rings. The van der Waals surface area contributed by atoms with Crippen LogP contribution in [0.1, 0.15) is 62.3 Å². The van der Waals surface area contributed by atoms with Crippen molar-refractivity contribution in [2.45, 2.75) is 63.5 Å². The molecule has 1 heterocycles. The van der Waals surface area contributed by atoms with Crippen LogP contribution in [0.2, 0.25) is 0 Å². The van der Waals surface area contributed by atoms with Crippen LogP contribution < -0.4 is 5.32 Å². The highest BCUT2D eigenvalue weighted by molar-refractivity contribution is 7.10. The second-order valence-corrected chi connectivity index (χ2v) is 7.25. The highest BCUT2D eigenvalue weighted by atomic mass is 32.1. The topological polar surface area (TPSA) is 21.3 Å². The first-order valence-electron chi connectivity index (χ1n) is 8.32. The first-order chi connectivity index (χ1) is 9.93. The average Bonchev–Trinajstić information content (AvgIpc) is 3.22. The molecule has 2 aliphatic carbocycles. The predicted molar refractivity (Wildman–Crippen MR) is 85.2 cm³/mol. The fraction of sp³-hybridized carbons (Fsp3) is 0.765. The van der Waals surface area contributed by atoms with E-state index in [1.54, 1.807) is 0 Å². The highest BCUT2D eigenvalue weighted by Crippen LogP contribution is 2.37. The van der Waals surface area contributed by atoms with Crippen LogP contribution in [-0.4, -0.2) is 19.3 Å². The van der Waals surface area contributed by atoms with E-state index in [-0.39, 0.29) is 0 Å². The Kier molecular flexibility index (Phi) is 5.51. The lowest BCUT2D eigenvalue weighted by Crippen LogP contribution is -2.30. The van der Waals surface area contributed by atoms with E-state index in [1.807, 2.05) is 11.3 Å². The third-order valence-electron chi connectivity index (χ3n) is 4.84. The van der Waals surface area contributed by atoms with Gasteiger partial charge < -0.3 is 10.1 Å². The number of thiophene rings is 1. The first kappa shape index (κ1) is 14.6. The van der Waals surface area contributed by atoms with Gasteiger partial charge in [-0.25, -0.2) is 0 Å². The van der Waals surface area contributed by atoms with E-state index in [4.69, 9.17) is 4.74 Å². The molecule has 1 aromatic rings. The van der Waals surface area contributed by atoms with Gasteiger partial charge in [0.15, 0.2) is 0 Å². The molecule has 2 aliphatic rings. The zero-order valence-corrected chi connectivity index (χ0v) is 13.2.